The van der Waals surface area contributed by atoms with Gasteiger partial charge in [0.2, 0.25) is 0 Å². The number of aryl methyl sites for hydroxylation is 2. The number of nitrogens with one attached hydrogen (secondary N) is 1. The Morgan fingerprint density at radius 2 is 2.07 bits per heavy atom. The molecule has 1 unspecified atom stereocenters. The van der Waals surface area contributed by atoms with Crippen LogP contribution < -0.4 is 5.32 Å². The van der Waals surface area contributed by atoms with Crippen molar-refractivity contribution in [2.24, 2.45) is 0 Å². The van der Waals surface area contributed by atoms with Gasteiger partial charge in [-0.3, -0.25) is 4.21 Å². The van der Waals surface area contributed by atoms with E-state index in [4.69, 9.17) is 4.74 Å². The quantitative estimate of drug-likeness (QED) is 0.624. The molecule has 0 fully saturated rings. The van der Waals surface area contributed by atoms with Crippen molar-refractivity contribution in [3.05, 3.63) is 46.1 Å². The molecule has 2 heterocycles. The van der Waals surface area contributed by atoms with E-state index < -0.39 is 10.8 Å². The van der Waals surface area contributed by atoms with E-state index in [9.17, 15) is 9.00 Å². The first kappa shape index (κ1) is 19.4. The molecule has 0 aliphatic heterocycles. The number of hydrogen-bond donors (Lipinski definition) is 1. The van der Waals surface area contributed by atoms with Crippen molar-refractivity contribution in [3.63, 3.8) is 0 Å². The average Bonchev–Trinajstić information content (AvgIpc) is 2.91. The Kier molecular flexibility index (Phi) is 5.86. The van der Waals surface area contributed by atoms with Gasteiger partial charge < -0.3 is 10.1 Å². The Morgan fingerprint density at radius 3 is 2.78 bits per heavy atom. The zero-order chi connectivity index (χ0) is 19.6. The molecule has 27 heavy (non-hydrogen) atoms. The molecule has 142 valence electrons. The second kappa shape index (κ2) is 8.14. The third kappa shape index (κ3) is 4.33. The van der Waals surface area contributed by atoms with Crippen molar-refractivity contribution in [2.75, 3.05) is 18.2 Å². The molecule has 0 aliphatic carbocycles. The monoisotopic (exact) mass is 403 g/mol. The molecule has 8 heteroatoms. The van der Waals surface area contributed by atoms with Crippen molar-refractivity contribution in [2.45, 2.75) is 26.5 Å². The number of benzene rings is 1. The molecule has 1 atom stereocenters. The van der Waals surface area contributed by atoms with E-state index in [1.54, 1.807) is 13.2 Å². The maximum atomic E-state index is 12.2. The van der Waals surface area contributed by atoms with Crippen LogP contribution in [0.2, 0.25) is 0 Å². The van der Waals surface area contributed by atoms with Crippen LogP contribution in [0, 0.1) is 13.8 Å². The van der Waals surface area contributed by atoms with Crippen molar-refractivity contribution in [1.29, 1.82) is 0 Å². The summed E-state index contributed by atoms with van der Waals surface area (Å²) < 4.78 is 16.6. The number of ether oxygens (including phenoxy) is 1. The second-order valence-corrected chi connectivity index (χ2v) is 8.55. The number of aromatic nitrogens is 2. The molecule has 1 N–H and O–H groups in total. The molecule has 3 rings (SSSR count). The highest BCUT2D eigenvalue weighted by Gasteiger charge is 2.21. The minimum absolute atomic E-state index is 0.327. The lowest BCUT2D eigenvalue weighted by molar-refractivity contribution is 0.0531. The molecule has 0 saturated carbocycles. The summed E-state index contributed by atoms with van der Waals surface area (Å²) in [5.74, 6) is 1.43. The fourth-order valence-corrected chi connectivity index (χ4v) is 4.61. The fraction of sp³-hybridized carbons (Fsp3) is 0.316. The minimum Gasteiger partial charge on any atom is -0.462 e. The molecule has 0 aliphatic rings. The van der Waals surface area contributed by atoms with Crippen molar-refractivity contribution in [3.8, 4) is 0 Å². The lowest BCUT2D eigenvalue weighted by atomic mass is 10.2. The molecule has 6 nitrogen and oxygen atoms in total. The van der Waals surface area contributed by atoms with E-state index >= 15 is 0 Å². The van der Waals surface area contributed by atoms with Gasteiger partial charge in [0.25, 0.3) is 0 Å². The fourth-order valence-electron chi connectivity index (χ4n) is 2.84. The van der Waals surface area contributed by atoms with Crippen LogP contribution in [-0.2, 0) is 21.3 Å². The number of carbonyl (C=O) groups excluding carboxylic acids is 1. The summed E-state index contributed by atoms with van der Waals surface area (Å²) in [6, 6.07) is 7.75. The van der Waals surface area contributed by atoms with Gasteiger partial charge in [-0.1, -0.05) is 12.1 Å². The Bertz CT molecular complexity index is 1030. The molecule has 0 radical (unpaired) electrons. The van der Waals surface area contributed by atoms with Crippen molar-refractivity contribution in [1.82, 2.24) is 9.97 Å². The number of thiophene rings is 1. The van der Waals surface area contributed by atoms with E-state index in [-0.39, 0.29) is 5.97 Å². The van der Waals surface area contributed by atoms with Crippen LogP contribution in [0.3, 0.4) is 0 Å². The van der Waals surface area contributed by atoms with Gasteiger partial charge in [0.05, 0.1) is 12.0 Å². The van der Waals surface area contributed by atoms with Crippen LogP contribution in [0.15, 0.2) is 24.3 Å². The van der Waals surface area contributed by atoms with Crippen LogP contribution in [-0.4, -0.2) is 33.0 Å². The number of carbonyl (C=O) groups is 1. The number of esters is 1. The van der Waals surface area contributed by atoms with E-state index in [0.717, 1.165) is 27.0 Å². The maximum Gasteiger partial charge on any atom is 0.348 e. The zero-order valence-corrected chi connectivity index (χ0v) is 17.3. The number of fused-ring (bicyclic) bond motifs is 1. The highest BCUT2D eigenvalue weighted by molar-refractivity contribution is 7.83. The first-order valence-corrected chi connectivity index (χ1v) is 11.0. The van der Waals surface area contributed by atoms with Gasteiger partial charge >= 0.3 is 5.97 Å². The minimum atomic E-state index is -0.908. The van der Waals surface area contributed by atoms with E-state index in [1.807, 2.05) is 38.1 Å². The summed E-state index contributed by atoms with van der Waals surface area (Å²) in [7, 11) is -0.908. The van der Waals surface area contributed by atoms with Gasteiger partial charge in [-0.2, -0.15) is 0 Å². The number of anilines is 2. The van der Waals surface area contributed by atoms with Crippen molar-refractivity contribution >= 4 is 49.8 Å². The topological polar surface area (TPSA) is 81.2 Å². The first-order valence-electron chi connectivity index (χ1n) is 8.50. The average molecular weight is 404 g/mol. The molecule has 0 amide bonds. The highest BCUT2D eigenvalue weighted by atomic mass is 32.2. The first-order chi connectivity index (χ1) is 12.9. The van der Waals surface area contributed by atoms with E-state index in [1.165, 1.54) is 11.3 Å². The number of rotatable bonds is 6. The van der Waals surface area contributed by atoms with Gasteiger partial charge in [-0.05, 0) is 44.0 Å². The Morgan fingerprint density at radius 1 is 1.30 bits per heavy atom. The van der Waals surface area contributed by atoms with Gasteiger partial charge in [0, 0.05) is 28.5 Å². The van der Waals surface area contributed by atoms with Gasteiger partial charge in [-0.25, -0.2) is 14.8 Å². The lowest BCUT2D eigenvalue weighted by Gasteiger charge is -2.10. The van der Waals surface area contributed by atoms with Crippen LogP contribution in [0.25, 0.3) is 10.2 Å². The standard InChI is InChI=1S/C19H21N3O3S2/c1-5-25-19(23)16-11(2)15-17(20-12(3)21-18(15)26-16)22-14-8-6-7-13(9-14)10-27(4)24/h6-9H,5,10H2,1-4H3,(H,20,21,22). The Labute approximate surface area is 164 Å². The predicted molar refractivity (Wildman–Crippen MR) is 110 cm³/mol. The molecule has 0 bridgehead atoms. The molecule has 2 aromatic heterocycles. The van der Waals surface area contributed by atoms with Crippen LogP contribution in [0.5, 0.6) is 0 Å². The molecule has 0 saturated heterocycles. The molecule has 0 spiro atoms. The normalized spacial score (nSPS) is 12.1. The Balaban J connectivity index is 2.04. The SMILES string of the molecule is CCOC(=O)c1sc2nc(C)nc(Nc3cccc(CS(C)=O)c3)c2c1C. The summed E-state index contributed by atoms with van der Waals surface area (Å²) in [5.41, 5.74) is 2.64. The van der Waals surface area contributed by atoms with Crippen LogP contribution in [0.4, 0.5) is 11.5 Å². The van der Waals surface area contributed by atoms with E-state index in [0.29, 0.717) is 28.9 Å². The molecule has 3 aromatic rings. The Hall–Kier alpha value is -2.32. The van der Waals surface area contributed by atoms with Gasteiger partial charge in [-0.15, -0.1) is 11.3 Å². The maximum absolute atomic E-state index is 12.2. The third-order valence-electron chi connectivity index (χ3n) is 3.92. The molecular formula is C19H21N3O3S2. The summed E-state index contributed by atoms with van der Waals surface area (Å²) in [4.78, 5) is 22.5. The van der Waals surface area contributed by atoms with Crippen molar-refractivity contribution < 1.29 is 13.7 Å². The summed E-state index contributed by atoms with van der Waals surface area (Å²) in [6.45, 7) is 5.81. The van der Waals surface area contributed by atoms with Gasteiger partial charge in [0.15, 0.2) is 0 Å². The van der Waals surface area contributed by atoms with Crippen LogP contribution >= 0.6 is 11.3 Å². The number of nitrogens with zero attached hydrogens (tertiary/aromatic N) is 2. The molecule has 1 aromatic carbocycles. The summed E-state index contributed by atoms with van der Waals surface area (Å²) >= 11 is 1.32. The summed E-state index contributed by atoms with van der Waals surface area (Å²) in [6.07, 6.45) is 1.68. The predicted octanol–water partition coefficient (Wildman–Crippen LogP) is 4.11. The second-order valence-electron chi connectivity index (χ2n) is 6.12. The number of hydrogen-bond acceptors (Lipinski definition) is 7. The largest absolute Gasteiger partial charge is 0.462 e. The van der Waals surface area contributed by atoms with Crippen LogP contribution in [0.1, 0.15) is 33.5 Å². The zero-order valence-electron chi connectivity index (χ0n) is 15.7. The summed E-state index contributed by atoms with van der Waals surface area (Å²) in [5, 5.41) is 4.15. The van der Waals surface area contributed by atoms with Gasteiger partial charge in [0.1, 0.15) is 21.3 Å². The molecular weight excluding hydrogens is 382 g/mol. The lowest BCUT2D eigenvalue weighted by Crippen LogP contribution is -2.04. The smallest absolute Gasteiger partial charge is 0.348 e. The third-order valence-corrected chi connectivity index (χ3v) is 5.83. The highest BCUT2D eigenvalue weighted by Crippen LogP contribution is 2.35. The van der Waals surface area contributed by atoms with E-state index in [2.05, 4.69) is 15.3 Å².